The number of rotatable bonds is 4. The molecule has 1 aromatic heterocycles. The predicted molar refractivity (Wildman–Crippen MR) is 113 cm³/mol. The molecule has 2 saturated carbocycles. The molecule has 2 aromatic rings. The molecule has 0 saturated heterocycles. The molecule has 0 amide bonds. The Labute approximate surface area is 171 Å². The molecule has 3 aliphatic rings. The van der Waals surface area contributed by atoms with E-state index in [1.807, 2.05) is 12.3 Å². The summed E-state index contributed by atoms with van der Waals surface area (Å²) in [5, 5.41) is 11.0. The van der Waals surface area contributed by atoms with Crippen LogP contribution in [0.25, 0.3) is 10.9 Å². The van der Waals surface area contributed by atoms with Crippen LogP contribution in [0.2, 0.25) is 0 Å². The van der Waals surface area contributed by atoms with Crippen LogP contribution in [0.4, 0.5) is 4.39 Å². The lowest BCUT2D eigenvalue weighted by Crippen LogP contribution is -2.36. The quantitative estimate of drug-likeness (QED) is 0.657. The van der Waals surface area contributed by atoms with Crippen molar-refractivity contribution in [3.63, 3.8) is 0 Å². The van der Waals surface area contributed by atoms with E-state index in [9.17, 15) is 9.65 Å². The molecule has 1 aliphatic heterocycles. The van der Waals surface area contributed by atoms with Gasteiger partial charge in [0.1, 0.15) is 11.9 Å². The highest BCUT2D eigenvalue weighted by atomic mass is 19.1. The van der Waals surface area contributed by atoms with Crippen molar-refractivity contribution >= 4 is 17.1 Å². The first kappa shape index (κ1) is 18.4. The van der Waals surface area contributed by atoms with E-state index in [4.69, 9.17) is 4.99 Å². The average Bonchev–Trinajstić information content (AvgIpc) is 3.55. The fourth-order valence-electron chi connectivity index (χ4n) is 5.23. The Bertz CT molecular complexity index is 1020. The third kappa shape index (κ3) is 3.15. The van der Waals surface area contributed by atoms with Gasteiger partial charge in [-0.25, -0.2) is 4.39 Å². The highest BCUT2D eigenvalue weighted by Gasteiger charge is 2.38. The number of aliphatic imine (C=N–C) groups is 1. The zero-order valence-corrected chi connectivity index (χ0v) is 16.9. The van der Waals surface area contributed by atoms with Crippen LogP contribution in [0.1, 0.15) is 75.3 Å². The van der Waals surface area contributed by atoms with E-state index in [0.717, 1.165) is 29.4 Å². The summed E-state index contributed by atoms with van der Waals surface area (Å²) in [5.74, 6) is 0.435. The summed E-state index contributed by atoms with van der Waals surface area (Å²) < 4.78 is 16.5. The van der Waals surface area contributed by atoms with Gasteiger partial charge < -0.3 is 9.47 Å². The second-order valence-corrected chi connectivity index (χ2v) is 8.73. The molecule has 1 aromatic carbocycles. The van der Waals surface area contributed by atoms with Crippen LogP contribution >= 0.6 is 0 Å². The monoisotopic (exact) mass is 390 g/mol. The summed E-state index contributed by atoms with van der Waals surface area (Å²) >= 11 is 0. The van der Waals surface area contributed by atoms with Crippen molar-refractivity contribution in [1.82, 2.24) is 9.47 Å². The fraction of sp³-hybridized carbons (Fsp3) is 0.500. The number of aromatic nitrogens is 1. The molecule has 0 N–H and O–H groups in total. The van der Waals surface area contributed by atoms with Crippen molar-refractivity contribution < 1.29 is 4.39 Å². The Morgan fingerprint density at radius 1 is 1.17 bits per heavy atom. The Balaban J connectivity index is 1.72. The first-order valence-electron chi connectivity index (χ1n) is 10.9. The number of hydrogen-bond donors (Lipinski definition) is 0. The lowest BCUT2D eigenvalue weighted by molar-refractivity contribution is 0.190. The molecule has 1 unspecified atom stereocenters. The van der Waals surface area contributed by atoms with Gasteiger partial charge in [0.15, 0.2) is 6.17 Å². The maximum atomic E-state index is 14.2. The van der Waals surface area contributed by atoms with Crippen molar-refractivity contribution in [2.75, 3.05) is 0 Å². The number of nitriles is 1. The molecule has 4 nitrogen and oxygen atoms in total. The molecule has 2 fully saturated rings. The lowest BCUT2D eigenvalue weighted by Gasteiger charge is -2.37. The zero-order chi connectivity index (χ0) is 20.0. The molecule has 2 heterocycles. The SMILES string of the molecule is C[C@@H](C1CC1)N1C=CC=NC1c1c(C#N)c2ccc(F)cc2n1C1CCCCC1. The van der Waals surface area contributed by atoms with Crippen molar-refractivity contribution in [2.45, 2.75) is 70.1 Å². The van der Waals surface area contributed by atoms with E-state index in [0.29, 0.717) is 23.6 Å². The van der Waals surface area contributed by atoms with Gasteiger partial charge in [0, 0.05) is 29.9 Å². The lowest BCUT2D eigenvalue weighted by atomic mass is 9.94. The first-order chi connectivity index (χ1) is 14.2. The molecule has 5 rings (SSSR count). The maximum absolute atomic E-state index is 14.2. The summed E-state index contributed by atoms with van der Waals surface area (Å²) in [6.45, 7) is 2.26. The van der Waals surface area contributed by atoms with E-state index < -0.39 is 0 Å². The van der Waals surface area contributed by atoms with Gasteiger partial charge in [-0.3, -0.25) is 4.99 Å². The smallest absolute Gasteiger partial charge is 0.163 e. The molecular formula is C24H27FN4. The molecular weight excluding hydrogens is 363 g/mol. The molecule has 2 aliphatic carbocycles. The Morgan fingerprint density at radius 3 is 2.69 bits per heavy atom. The summed E-state index contributed by atoms with van der Waals surface area (Å²) in [4.78, 5) is 7.15. The van der Waals surface area contributed by atoms with E-state index in [-0.39, 0.29) is 12.0 Å². The minimum absolute atomic E-state index is 0.234. The van der Waals surface area contributed by atoms with Gasteiger partial charge in [-0.1, -0.05) is 19.3 Å². The number of hydrogen-bond acceptors (Lipinski definition) is 3. The van der Waals surface area contributed by atoms with Gasteiger partial charge in [-0.2, -0.15) is 5.26 Å². The maximum Gasteiger partial charge on any atom is 0.163 e. The normalized spacial score (nSPS) is 23.5. The number of nitrogens with zero attached hydrogens (tertiary/aromatic N) is 4. The second kappa shape index (κ2) is 7.33. The van der Waals surface area contributed by atoms with Gasteiger partial charge in [-0.15, -0.1) is 0 Å². The predicted octanol–water partition coefficient (Wildman–Crippen LogP) is 5.85. The number of fused-ring (bicyclic) bond motifs is 1. The number of benzene rings is 1. The van der Waals surface area contributed by atoms with Crippen molar-refractivity contribution in [1.29, 1.82) is 5.26 Å². The van der Waals surface area contributed by atoms with Gasteiger partial charge >= 0.3 is 0 Å². The number of allylic oxidation sites excluding steroid dienone is 1. The average molecular weight is 391 g/mol. The molecule has 0 radical (unpaired) electrons. The van der Waals surface area contributed by atoms with Crippen LogP contribution in [-0.2, 0) is 0 Å². The Hall–Kier alpha value is -2.61. The van der Waals surface area contributed by atoms with Gasteiger partial charge in [0.2, 0.25) is 0 Å². The first-order valence-corrected chi connectivity index (χ1v) is 10.9. The minimum Gasteiger partial charge on any atom is -0.348 e. The van der Waals surface area contributed by atoms with Crippen molar-refractivity contribution in [3.05, 3.63) is 47.5 Å². The fourth-order valence-corrected chi connectivity index (χ4v) is 5.23. The largest absolute Gasteiger partial charge is 0.348 e. The third-order valence-corrected chi connectivity index (χ3v) is 6.93. The minimum atomic E-state index is -0.252. The van der Waals surface area contributed by atoms with Crippen LogP contribution in [0.3, 0.4) is 0 Å². The summed E-state index contributed by atoms with van der Waals surface area (Å²) in [5.41, 5.74) is 2.43. The summed E-state index contributed by atoms with van der Waals surface area (Å²) in [6.07, 6.45) is 14.0. The zero-order valence-electron chi connectivity index (χ0n) is 16.9. The molecule has 150 valence electrons. The Morgan fingerprint density at radius 2 is 1.97 bits per heavy atom. The standard InChI is InChI=1S/C24H27FN4/c1-16(17-8-9-17)28-13-5-12-27-24(28)23-21(15-26)20-11-10-18(25)14-22(20)29(23)19-6-3-2-4-7-19/h5,10-14,16-17,19,24H,2-4,6-9H2,1H3/t16-,24?/m0/s1. The van der Waals surface area contributed by atoms with Crippen LogP contribution < -0.4 is 0 Å². The van der Waals surface area contributed by atoms with Gasteiger partial charge in [0.05, 0.1) is 16.8 Å². The molecule has 0 bridgehead atoms. The second-order valence-electron chi connectivity index (χ2n) is 8.73. The Kier molecular flexibility index (Phi) is 4.66. The third-order valence-electron chi connectivity index (χ3n) is 6.93. The van der Waals surface area contributed by atoms with Crippen molar-refractivity contribution in [2.24, 2.45) is 10.9 Å². The highest BCUT2D eigenvalue weighted by Crippen LogP contribution is 2.44. The molecule has 2 atom stereocenters. The van der Waals surface area contributed by atoms with Gasteiger partial charge in [0.25, 0.3) is 0 Å². The molecule has 29 heavy (non-hydrogen) atoms. The van der Waals surface area contributed by atoms with E-state index in [1.54, 1.807) is 12.1 Å². The topological polar surface area (TPSA) is 44.3 Å². The highest BCUT2D eigenvalue weighted by molar-refractivity contribution is 5.89. The molecule has 0 spiro atoms. The van der Waals surface area contributed by atoms with Crippen LogP contribution in [0.15, 0.2) is 35.5 Å². The van der Waals surface area contributed by atoms with Crippen molar-refractivity contribution in [3.8, 4) is 6.07 Å². The summed E-state index contributed by atoms with van der Waals surface area (Å²) in [6, 6.07) is 7.95. The molecule has 5 heteroatoms. The van der Waals surface area contributed by atoms with Crippen LogP contribution in [0, 0.1) is 23.1 Å². The van der Waals surface area contributed by atoms with E-state index >= 15 is 0 Å². The van der Waals surface area contributed by atoms with Crippen LogP contribution in [-0.4, -0.2) is 21.7 Å². The van der Waals surface area contributed by atoms with E-state index in [1.165, 1.54) is 38.2 Å². The summed E-state index contributed by atoms with van der Waals surface area (Å²) in [7, 11) is 0. The van der Waals surface area contributed by atoms with E-state index in [2.05, 4.69) is 28.7 Å². The number of halogens is 1. The van der Waals surface area contributed by atoms with Gasteiger partial charge in [-0.05, 0) is 62.8 Å². The van der Waals surface area contributed by atoms with Crippen LogP contribution in [0.5, 0.6) is 0 Å².